The number of rotatable bonds is 7. The van der Waals surface area contributed by atoms with Gasteiger partial charge in [0, 0.05) is 18.1 Å². The van der Waals surface area contributed by atoms with E-state index in [2.05, 4.69) is 29.6 Å². The SMILES string of the molecule is CC.CC(=O)OCCCSc1sc2nc(-c3cccs3)cc(-c3ccccc3)c2c1N. The van der Waals surface area contributed by atoms with Gasteiger partial charge >= 0.3 is 5.97 Å². The number of nitrogens with zero attached hydrogens (tertiary/aromatic N) is 1. The van der Waals surface area contributed by atoms with Crippen LogP contribution in [0.2, 0.25) is 0 Å². The smallest absolute Gasteiger partial charge is 0.302 e. The van der Waals surface area contributed by atoms with E-state index in [1.807, 2.05) is 38.1 Å². The van der Waals surface area contributed by atoms with Gasteiger partial charge in [-0.2, -0.15) is 0 Å². The van der Waals surface area contributed by atoms with Gasteiger partial charge in [0.25, 0.3) is 0 Å². The predicted molar refractivity (Wildman–Crippen MR) is 136 cm³/mol. The summed E-state index contributed by atoms with van der Waals surface area (Å²) in [6.45, 7) is 5.86. The van der Waals surface area contributed by atoms with Crippen molar-refractivity contribution in [3.05, 3.63) is 53.9 Å². The van der Waals surface area contributed by atoms with Gasteiger partial charge in [-0.1, -0.05) is 50.2 Å². The van der Waals surface area contributed by atoms with Gasteiger partial charge in [-0.05, 0) is 35.1 Å². The third-order valence-electron chi connectivity index (χ3n) is 4.35. The maximum absolute atomic E-state index is 10.9. The highest BCUT2D eigenvalue weighted by molar-refractivity contribution is 8.01. The minimum atomic E-state index is -0.241. The molecule has 162 valence electrons. The Bertz CT molecular complexity index is 1120. The molecule has 1 aromatic carbocycles. The molecule has 4 rings (SSSR count). The second kappa shape index (κ2) is 11.3. The van der Waals surface area contributed by atoms with Gasteiger partial charge in [0.05, 0.1) is 27.1 Å². The van der Waals surface area contributed by atoms with E-state index in [1.54, 1.807) is 34.4 Å². The number of fused-ring (bicyclic) bond motifs is 1. The van der Waals surface area contributed by atoms with Crippen molar-refractivity contribution in [2.24, 2.45) is 0 Å². The summed E-state index contributed by atoms with van der Waals surface area (Å²) < 4.78 is 6.08. The molecule has 0 aliphatic heterocycles. The molecule has 2 N–H and O–H groups in total. The summed E-state index contributed by atoms with van der Waals surface area (Å²) in [5, 5.41) is 3.08. The van der Waals surface area contributed by atoms with Crippen molar-refractivity contribution in [3.63, 3.8) is 0 Å². The highest BCUT2D eigenvalue weighted by atomic mass is 32.2. The number of nitrogen functional groups attached to an aromatic ring is 1. The number of ether oxygens (including phenoxy) is 1. The average molecular weight is 471 g/mol. The number of hydrogen-bond acceptors (Lipinski definition) is 7. The Labute approximate surface area is 195 Å². The van der Waals surface area contributed by atoms with E-state index >= 15 is 0 Å². The van der Waals surface area contributed by atoms with Gasteiger partial charge in [-0.25, -0.2) is 4.98 Å². The first-order valence-corrected chi connectivity index (χ1v) is 12.9. The van der Waals surface area contributed by atoms with Crippen LogP contribution in [0.1, 0.15) is 27.2 Å². The maximum Gasteiger partial charge on any atom is 0.302 e. The zero-order valence-electron chi connectivity index (χ0n) is 17.9. The number of benzene rings is 1. The van der Waals surface area contributed by atoms with Crippen LogP contribution in [0.4, 0.5) is 5.69 Å². The molecule has 3 aromatic heterocycles. The fraction of sp³-hybridized carbons (Fsp3) is 0.250. The zero-order valence-corrected chi connectivity index (χ0v) is 20.3. The van der Waals surface area contributed by atoms with E-state index in [0.29, 0.717) is 6.61 Å². The zero-order chi connectivity index (χ0) is 22.2. The normalized spacial score (nSPS) is 10.5. The van der Waals surface area contributed by atoms with Crippen LogP contribution in [0.15, 0.2) is 58.1 Å². The summed E-state index contributed by atoms with van der Waals surface area (Å²) >= 11 is 5.01. The third kappa shape index (κ3) is 5.67. The number of carbonyl (C=O) groups excluding carboxylic acids is 1. The number of hydrogen-bond donors (Lipinski definition) is 1. The van der Waals surface area contributed by atoms with Crippen LogP contribution >= 0.6 is 34.4 Å². The third-order valence-corrected chi connectivity index (χ3v) is 7.72. The van der Waals surface area contributed by atoms with Gasteiger partial charge < -0.3 is 10.5 Å². The summed E-state index contributed by atoms with van der Waals surface area (Å²) in [7, 11) is 0. The summed E-state index contributed by atoms with van der Waals surface area (Å²) in [5.41, 5.74) is 10.6. The molecule has 0 atom stereocenters. The van der Waals surface area contributed by atoms with E-state index in [9.17, 15) is 4.79 Å². The summed E-state index contributed by atoms with van der Waals surface area (Å²) in [6, 6.07) is 16.6. The minimum absolute atomic E-state index is 0.241. The number of anilines is 1. The van der Waals surface area contributed by atoms with Crippen LogP contribution in [0.25, 0.3) is 31.9 Å². The number of pyridine rings is 1. The Morgan fingerprint density at radius 2 is 1.94 bits per heavy atom. The molecule has 0 amide bonds. The number of carbonyl (C=O) groups is 1. The predicted octanol–water partition coefficient (Wildman–Crippen LogP) is 7.35. The number of aromatic nitrogens is 1. The lowest BCUT2D eigenvalue weighted by molar-refractivity contribution is -0.140. The van der Waals surface area contributed by atoms with Crippen molar-refractivity contribution in [2.45, 2.75) is 31.4 Å². The lowest BCUT2D eigenvalue weighted by atomic mass is 10.0. The van der Waals surface area contributed by atoms with Crippen LogP contribution in [0, 0.1) is 0 Å². The Morgan fingerprint density at radius 1 is 1.16 bits per heavy atom. The Kier molecular flexibility index (Phi) is 8.51. The van der Waals surface area contributed by atoms with E-state index < -0.39 is 0 Å². The van der Waals surface area contributed by atoms with Gasteiger partial charge in [-0.3, -0.25) is 4.79 Å². The summed E-state index contributed by atoms with van der Waals surface area (Å²) in [5.74, 6) is 0.595. The fourth-order valence-corrected chi connectivity index (χ4v) is 6.01. The molecule has 7 heteroatoms. The second-order valence-corrected chi connectivity index (χ2v) is 9.73. The van der Waals surface area contributed by atoms with E-state index in [4.69, 9.17) is 15.5 Å². The van der Waals surface area contributed by atoms with Crippen LogP contribution in [0.3, 0.4) is 0 Å². The first-order valence-electron chi connectivity index (χ1n) is 10.2. The molecule has 4 aromatic rings. The molecule has 0 aliphatic carbocycles. The number of thioether (sulfide) groups is 1. The molecule has 31 heavy (non-hydrogen) atoms. The minimum Gasteiger partial charge on any atom is -0.466 e. The molecule has 0 aliphatic rings. The molecule has 0 saturated heterocycles. The van der Waals surface area contributed by atoms with Gasteiger partial charge in [0.1, 0.15) is 4.83 Å². The Morgan fingerprint density at radius 3 is 2.61 bits per heavy atom. The standard InChI is InChI=1S/C22H20N2O2S3.C2H6/c1-14(25)26-10-6-12-28-22-20(23)19-16(15-7-3-2-4-8-15)13-17(24-21(19)29-22)18-9-5-11-27-18;1-2/h2-5,7-9,11,13H,6,10,12,23H2,1H3;1-2H3. The fourth-order valence-electron chi connectivity index (χ4n) is 3.04. The lowest BCUT2D eigenvalue weighted by Crippen LogP contribution is -2.01. The highest BCUT2D eigenvalue weighted by Gasteiger charge is 2.18. The molecule has 0 bridgehead atoms. The van der Waals surface area contributed by atoms with E-state index in [-0.39, 0.29) is 5.97 Å². The van der Waals surface area contributed by atoms with Gasteiger partial charge in [0.2, 0.25) is 0 Å². The van der Waals surface area contributed by atoms with Crippen LogP contribution in [-0.4, -0.2) is 23.3 Å². The van der Waals surface area contributed by atoms with Crippen molar-refractivity contribution in [1.29, 1.82) is 0 Å². The van der Waals surface area contributed by atoms with Crippen molar-refractivity contribution >= 4 is 56.3 Å². The van der Waals surface area contributed by atoms with Crippen LogP contribution < -0.4 is 5.73 Å². The number of esters is 1. The Balaban J connectivity index is 0.00000132. The number of thiophene rings is 2. The van der Waals surface area contributed by atoms with Crippen molar-refractivity contribution in [3.8, 4) is 21.7 Å². The molecule has 0 fully saturated rings. The lowest BCUT2D eigenvalue weighted by Gasteiger charge is -2.08. The highest BCUT2D eigenvalue weighted by Crippen LogP contribution is 2.45. The Hall–Kier alpha value is -2.35. The maximum atomic E-state index is 10.9. The molecule has 0 spiro atoms. The topological polar surface area (TPSA) is 65.2 Å². The molecule has 4 nitrogen and oxygen atoms in total. The van der Waals surface area contributed by atoms with Gasteiger partial charge in [0.15, 0.2) is 0 Å². The van der Waals surface area contributed by atoms with Crippen molar-refractivity contribution in [1.82, 2.24) is 4.98 Å². The monoisotopic (exact) mass is 470 g/mol. The molecule has 0 unspecified atom stereocenters. The van der Waals surface area contributed by atoms with Crippen LogP contribution in [-0.2, 0) is 9.53 Å². The van der Waals surface area contributed by atoms with Gasteiger partial charge in [-0.15, -0.1) is 34.4 Å². The number of nitrogens with two attached hydrogens (primary N) is 1. The van der Waals surface area contributed by atoms with Crippen molar-refractivity contribution < 1.29 is 9.53 Å². The summed E-state index contributed by atoms with van der Waals surface area (Å²) in [4.78, 5) is 17.9. The quantitative estimate of drug-likeness (QED) is 0.174. The van der Waals surface area contributed by atoms with E-state index in [0.717, 1.165) is 54.0 Å². The second-order valence-electron chi connectivity index (χ2n) is 6.42. The first kappa shape index (κ1) is 23.3. The van der Waals surface area contributed by atoms with Crippen LogP contribution in [0.5, 0.6) is 0 Å². The first-order chi connectivity index (χ1) is 15.1. The van der Waals surface area contributed by atoms with Crippen molar-refractivity contribution in [2.75, 3.05) is 18.1 Å². The molecule has 0 radical (unpaired) electrons. The molecular formula is C24H26N2O2S3. The van der Waals surface area contributed by atoms with E-state index in [1.165, 1.54) is 6.92 Å². The molecule has 0 saturated carbocycles. The largest absolute Gasteiger partial charge is 0.466 e. The summed E-state index contributed by atoms with van der Waals surface area (Å²) in [6.07, 6.45) is 0.789. The average Bonchev–Trinajstić information content (AvgIpc) is 3.43. The molecule has 3 heterocycles. The molecular weight excluding hydrogens is 444 g/mol.